The smallest absolute Gasteiger partial charge is 0.331 e. The third kappa shape index (κ3) is 5.18. The Bertz CT molecular complexity index is 963. The first-order chi connectivity index (χ1) is 13.0. The van der Waals surface area contributed by atoms with Gasteiger partial charge in [-0.2, -0.15) is 0 Å². The van der Waals surface area contributed by atoms with Crippen molar-refractivity contribution < 1.29 is 18.7 Å². The highest BCUT2D eigenvalue weighted by Crippen LogP contribution is 2.17. The van der Waals surface area contributed by atoms with E-state index in [-0.39, 0.29) is 18.5 Å². The van der Waals surface area contributed by atoms with E-state index in [4.69, 9.17) is 20.8 Å². The second-order valence-corrected chi connectivity index (χ2v) is 6.24. The molecule has 1 amide bonds. The predicted octanol–water partition coefficient (Wildman–Crippen LogP) is 3.92. The summed E-state index contributed by atoms with van der Waals surface area (Å²) in [4.78, 5) is 27.9. The Labute approximate surface area is 160 Å². The van der Waals surface area contributed by atoms with Crippen LogP contribution in [0.1, 0.15) is 24.4 Å². The van der Waals surface area contributed by atoms with Crippen LogP contribution in [0.3, 0.4) is 0 Å². The van der Waals surface area contributed by atoms with Gasteiger partial charge in [0.25, 0.3) is 5.91 Å². The lowest BCUT2D eigenvalue weighted by Crippen LogP contribution is -2.30. The van der Waals surface area contributed by atoms with E-state index in [1.807, 2.05) is 25.1 Å². The second kappa shape index (κ2) is 8.51. The van der Waals surface area contributed by atoms with Gasteiger partial charge in [0.1, 0.15) is 5.52 Å². The van der Waals surface area contributed by atoms with Crippen molar-refractivity contribution in [1.29, 1.82) is 0 Å². The second-order valence-electron chi connectivity index (χ2n) is 5.81. The predicted molar refractivity (Wildman–Crippen MR) is 102 cm³/mol. The van der Waals surface area contributed by atoms with Crippen molar-refractivity contribution in [3.8, 4) is 0 Å². The Balaban J connectivity index is 1.48. The Kier molecular flexibility index (Phi) is 5.88. The number of aromatic nitrogens is 1. The molecule has 0 spiro atoms. The highest BCUT2D eigenvalue weighted by molar-refractivity contribution is 6.30. The largest absolute Gasteiger partial charge is 0.452 e. The summed E-state index contributed by atoms with van der Waals surface area (Å²) in [5.74, 6) is -0.791. The van der Waals surface area contributed by atoms with E-state index in [0.717, 1.165) is 5.56 Å². The van der Waals surface area contributed by atoms with Crippen LogP contribution in [0, 0.1) is 0 Å². The summed E-state index contributed by atoms with van der Waals surface area (Å²) in [7, 11) is 0. The molecule has 7 heteroatoms. The first-order valence-electron chi connectivity index (χ1n) is 8.26. The number of nitrogens with one attached hydrogen (secondary N) is 1. The number of oxazole rings is 1. The van der Waals surface area contributed by atoms with E-state index in [9.17, 15) is 9.59 Å². The summed E-state index contributed by atoms with van der Waals surface area (Å²) in [6.07, 6.45) is 2.56. The summed E-state index contributed by atoms with van der Waals surface area (Å²) in [5.41, 5.74) is 2.18. The number of amides is 1. The highest BCUT2D eigenvalue weighted by Gasteiger charge is 2.11. The molecule has 0 unspecified atom stereocenters. The number of benzene rings is 2. The first-order valence-corrected chi connectivity index (χ1v) is 8.64. The minimum Gasteiger partial charge on any atom is -0.452 e. The molecule has 2 aromatic carbocycles. The van der Waals surface area contributed by atoms with Crippen LogP contribution in [0.5, 0.6) is 0 Å². The zero-order chi connectivity index (χ0) is 19.2. The zero-order valence-corrected chi connectivity index (χ0v) is 15.3. The summed E-state index contributed by atoms with van der Waals surface area (Å²) in [6.45, 7) is 1.43. The number of hydrogen-bond acceptors (Lipinski definition) is 5. The molecule has 0 aliphatic carbocycles. The molecule has 0 aliphatic heterocycles. The molecule has 3 rings (SSSR count). The third-order valence-corrected chi connectivity index (χ3v) is 3.98. The number of hydrogen-bond donors (Lipinski definition) is 1. The van der Waals surface area contributed by atoms with Crippen LogP contribution in [0.2, 0.25) is 5.02 Å². The number of fused-ring (bicyclic) bond motifs is 1. The van der Waals surface area contributed by atoms with Crippen molar-refractivity contribution in [3.05, 3.63) is 71.1 Å². The lowest BCUT2D eigenvalue weighted by molar-refractivity contribution is -0.144. The fourth-order valence-corrected chi connectivity index (χ4v) is 2.63. The molecule has 1 aromatic heterocycles. The Hall–Kier alpha value is -3.12. The lowest BCUT2D eigenvalue weighted by atomic mass is 10.1. The molecule has 1 atom stereocenters. The minimum absolute atomic E-state index is 0.259. The van der Waals surface area contributed by atoms with E-state index < -0.39 is 11.9 Å². The molecule has 0 fully saturated rings. The standard InChI is InChI=1S/C20H17ClN2O4/c1-13(14-5-4-6-15(21)11-14)22-18(24)12-26-20(25)10-9-19-23-16-7-2-3-8-17(16)27-19/h2-11,13H,12H2,1H3,(H,22,24)/b10-9+/t13-/m0/s1. The number of esters is 1. The summed E-state index contributed by atoms with van der Waals surface area (Å²) in [6, 6.07) is 14.2. The van der Waals surface area contributed by atoms with Crippen molar-refractivity contribution in [2.24, 2.45) is 0 Å². The molecule has 3 aromatic rings. The molecular weight excluding hydrogens is 368 g/mol. The van der Waals surface area contributed by atoms with Crippen LogP contribution in [0.4, 0.5) is 0 Å². The fourth-order valence-electron chi connectivity index (χ4n) is 2.43. The van der Waals surface area contributed by atoms with Crippen LogP contribution in [-0.4, -0.2) is 23.5 Å². The molecule has 0 saturated heterocycles. The molecule has 0 saturated carbocycles. The average Bonchev–Trinajstić information content (AvgIpc) is 3.07. The van der Waals surface area contributed by atoms with Crippen LogP contribution in [-0.2, 0) is 14.3 Å². The lowest BCUT2D eigenvalue weighted by Gasteiger charge is -2.14. The van der Waals surface area contributed by atoms with Crippen molar-refractivity contribution >= 4 is 40.7 Å². The molecule has 6 nitrogen and oxygen atoms in total. The number of nitrogens with zero attached hydrogens (tertiary/aromatic N) is 1. The van der Waals surface area contributed by atoms with Gasteiger partial charge in [0.15, 0.2) is 12.2 Å². The number of carbonyl (C=O) groups is 2. The maximum Gasteiger partial charge on any atom is 0.331 e. The molecule has 0 radical (unpaired) electrons. The van der Waals surface area contributed by atoms with Crippen LogP contribution >= 0.6 is 11.6 Å². The Morgan fingerprint density at radius 3 is 2.85 bits per heavy atom. The van der Waals surface area contributed by atoms with Gasteiger partial charge in [-0.3, -0.25) is 4.79 Å². The number of carbonyl (C=O) groups excluding carboxylic acids is 2. The molecule has 27 heavy (non-hydrogen) atoms. The Morgan fingerprint density at radius 1 is 1.26 bits per heavy atom. The van der Waals surface area contributed by atoms with Crippen LogP contribution in [0.15, 0.2) is 59.0 Å². The van der Waals surface area contributed by atoms with Crippen molar-refractivity contribution in [2.75, 3.05) is 6.61 Å². The van der Waals surface area contributed by atoms with E-state index in [2.05, 4.69) is 10.3 Å². The quantitative estimate of drug-likeness (QED) is 0.514. The molecular formula is C20H17ClN2O4. The molecule has 0 aliphatic rings. The van der Waals surface area contributed by atoms with Gasteiger partial charge in [0.05, 0.1) is 6.04 Å². The maximum absolute atomic E-state index is 11.9. The zero-order valence-electron chi connectivity index (χ0n) is 14.5. The SMILES string of the molecule is C[C@H](NC(=O)COC(=O)/C=C/c1nc2ccccc2o1)c1cccc(Cl)c1. The molecule has 1 heterocycles. The van der Waals surface area contributed by atoms with Gasteiger partial charge in [-0.05, 0) is 36.8 Å². The van der Waals surface area contributed by atoms with E-state index in [1.165, 1.54) is 12.2 Å². The number of rotatable bonds is 6. The van der Waals surface area contributed by atoms with E-state index in [1.54, 1.807) is 30.3 Å². The van der Waals surface area contributed by atoms with Crippen LogP contribution < -0.4 is 5.32 Å². The van der Waals surface area contributed by atoms with Crippen molar-refractivity contribution in [3.63, 3.8) is 0 Å². The molecule has 0 bridgehead atoms. The number of para-hydroxylation sites is 2. The first kappa shape index (κ1) is 18.7. The van der Waals surface area contributed by atoms with Gasteiger partial charge in [-0.1, -0.05) is 35.9 Å². The Morgan fingerprint density at radius 2 is 2.07 bits per heavy atom. The van der Waals surface area contributed by atoms with Crippen LogP contribution in [0.25, 0.3) is 17.2 Å². The van der Waals surface area contributed by atoms with E-state index in [0.29, 0.717) is 16.1 Å². The fraction of sp³-hybridized carbons (Fsp3) is 0.150. The van der Waals surface area contributed by atoms with Gasteiger partial charge in [-0.15, -0.1) is 0 Å². The topological polar surface area (TPSA) is 81.4 Å². The third-order valence-electron chi connectivity index (χ3n) is 3.74. The summed E-state index contributed by atoms with van der Waals surface area (Å²) >= 11 is 5.94. The molecule has 1 N–H and O–H groups in total. The van der Waals surface area contributed by atoms with E-state index >= 15 is 0 Å². The van der Waals surface area contributed by atoms with Gasteiger partial charge in [-0.25, -0.2) is 9.78 Å². The minimum atomic E-state index is -0.664. The number of ether oxygens (including phenoxy) is 1. The molecule has 138 valence electrons. The average molecular weight is 385 g/mol. The van der Waals surface area contributed by atoms with Gasteiger partial charge in [0, 0.05) is 17.2 Å². The number of halogens is 1. The summed E-state index contributed by atoms with van der Waals surface area (Å²) in [5, 5.41) is 3.33. The normalized spacial score (nSPS) is 12.2. The van der Waals surface area contributed by atoms with Crippen molar-refractivity contribution in [2.45, 2.75) is 13.0 Å². The van der Waals surface area contributed by atoms with Crippen molar-refractivity contribution in [1.82, 2.24) is 10.3 Å². The summed E-state index contributed by atoms with van der Waals surface area (Å²) < 4.78 is 10.4. The highest BCUT2D eigenvalue weighted by atomic mass is 35.5. The van der Waals surface area contributed by atoms with Gasteiger partial charge in [0.2, 0.25) is 5.89 Å². The van der Waals surface area contributed by atoms with Gasteiger partial charge >= 0.3 is 5.97 Å². The van der Waals surface area contributed by atoms with Gasteiger partial charge < -0.3 is 14.5 Å². The monoisotopic (exact) mass is 384 g/mol. The maximum atomic E-state index is 11.9.